The molecule has 1 aromatic rings. The molecule has 3 N–H and O–H groups in total. The van der Waals surface area contributed by atoms with Crippen molar-refractivity contribution in [3.63, 3.8) is 0 Å². The van der Waals surface area contributed by atoms with Crippen molar-refractivity contribution in [3.8, 4) is 0 Å². The molecule has 0 aliphatic carbocycles. The average molecular weight is 286 g/mol. The van der Waals surface area contributed by atoms with E-state index in [1.165, 1.54) is 0 Å². The van der Waals surface area contributed by atoms with Crippen LogP contribution < -0.4 is 5.73 Å². The fourth-order valence-electron chi connectivity index (χ4n) is 1.87. The monoisotopic (exact) mass is 285 g/mol. The summed E-state index contributed by atoms with van der Waals surface area (Å²) in [6.07, 6.45) is 0.434. The van der Waals surface area contributed by atoms with Gasteiger partial charge in [-0.2, -0.15) is 0 Å². The second-order valence-electron chi connectivity index (χ2n) is 4.59. The van der Waals surface area contributed by atoms with Crippen LogP contribution >= 0.6 is 15.9 Å². The van der Waals surface area contributed by atoms with E-state index in [9.17, 15) is 5.11 Å². The van der Waals surface area contributed by atoms with E-state index in [-0.39, 0.29) is 12.0 Å². The summed E-state index contributed by atoms with van der Waals surface area (Å²) < 4.78 is 1.05. The van der Waals surface area contributed by atoms with Crippen LogP contribution in [0.15, 0.2) is 28.7 Å². The van der Waals surface area contributed by atoms with E-state index in [0.717, 1.165) is 16.5 Å². The number of hydrogen-bond donors (Lipinski definition) is 2. The van der Waals surface area contributed by atoms with Gasteiger partial charge in [0.1, 0.15) is 0 Å². The van der Waals surface area contributed by atoms with Crippen LogP contribution in [-0.4, -0.2) is 17.8 Å². The van der Waals surface area contributed by atoms with Crippen LogP contribution in [0.1, 0.15) is 31.7 Å². The van der Waals surface area contributed by atoms with Gasteiger partial charge in [0.15, 0.2) is 0 Å². The summed E-state index contributed by atoms with van der Waals surface area (Å²) >= 11 is 3.40. The summed E-state index contributed by atoms with van der Waals surface area (Å²) in [5.41, 5.74) is 6.86. The number of nitrogens with two attached hydrogens (primary N) is 1. The number of rotatable bonds is 5. The van der Waals surface area contributed by atoms with Crippen LogP contribution in [-0.2, 0) is 0 Å². The highest BCUT2D eigenvalue weighted by Crippen LogP contribution is 2.24. The fourth-order valence-corrected chi connectivity index (χ4v) is 2.14. The molecule has 0 heterocycles. The van der Waals surface area contributed by atoms with Crippen LogP contribution in [0, 0.1) is 5.92 Å². The van der Waals surface area contributed by atoms with Crippen molar-refractivity contribution in [1.29, 1.82) is 0 Å². The lowest BCUT2D eigenvalue weighted by molar-refractivity contribution is 0.121. The van der Waals surface area contributed by atoms with Gasteiger partial charge in [0.2, 0.25) is 0 Å². The number of aliphatic hydroxyl groups is 1. The first-order chi connectivity index (χ1) is 7.54. The van der Waals surface area contributed by atoms with Gasteiger partial charge in [-0.25, -0.2) is 0 Å². The molecule has 2 atom stereocenters. The third-order valence-corrected chi connectivity index (χ3v) is 3.26. The Labute approximate surface area is 106 Å². The maximum Gasteiger partial charge on any atom is 0.0623 e. The molecule has 0 aliphatic rings. The normalized spacial score (nSPS) is 15.1. The smallest absolute Gasteiger partial charge is 0.0623 e. The van der Waals surface area contributed by atoms with Gasteiger partial charge >= 0.3 is 0 Å². The zero-order valence-corrected chi connectivity index (χ0v) is 11.4. The van der Waals surface area contributed by atoms with E-state index in [2.05, 4.69) is 29.8 Å². The third kappa shape index (κ3) is 3.89. The highest BCUT2D eigenvalue weighted by molar-refractivity contribution is 9.10. The minimum atomic E-state index is -0.355. The van der Waals surface area contributed by atoms with Crippen molar-refractivity contribution < 1.29 is 5.11 Å². The Kier molecular flexibility index (Phi) is 5.46. The number of hydrogen-bond acceptors (Lipinski definition) is 2. The molecule has 3 heteroatoms. The van der Waals surface area contributed by atoms with Crippen LogP contribution in [0.2, 0.25) is 0 Å². The minimum absolute atomic E-state index is 0.0375. The molecule has 0 fully saturated rings. The van der Waals surface area contributed by atoms with Crippen molar-refractivity contribution in [2.75, 3.05) is 6.54 Å². The Morgan fingerprint density at radius 2 is 1.81 bits per heavy atom. The van der Waals surface area contributed by atoms with E-state index in [1.54, 1.807) is 0 Å². The van der Waals surface area contributed by atoms with Gasteiger partial charge in [0.25, 0.3) is 0 Å². The van der Waals surface area contributed by atoms with Gasteiger partial charge in [-0.15, -0.1) is 0 Å². The van der Waals surface area contributed by atoms with Gasteiger partial charge in [-0.3, -0.25) is 0 Å². The van der Waals surface area contributed by atoms with Gasteiger partial charge < -0.3 is 10.8 Å². The fraction of sp³-hybridized carbons (Fsp3) is 0.538. The van der Waals surface area contributed by atoms with E-state index in [1.807, 2.05) is 24.3 Å². The van der Waals surface area contributed by atoms with Gasteiger partial charge in [-0.1, -0.05) is 41.9 Å². The molecule has 1 aromatic carbocycles. The van der Waals surface area contributed by atoms with Gasteiger partial charge in [-0.05, 0) is 30.0 Å². The topological polar surface area (TPSA) is 46.2 Å². The summed E-state index contributed by atoms with van der Waals surface area (Å²) in [6, 6.07) is 8.01. The van der Waals surface area contributed by atoms with E-state index >= 15 is 0 Å². The Morgan fingerprint density at radius 1 is 1.25 bits per heavy atom. The summed E-state index contributed by atoms with van der Waals surface area (Å²) in [7, 11) is 0. The lowest BCUT2D eigenvalue weighted by Crippen LogP contribution is -2.27. The molecule has 0 saturated heterocycles. The predicted molar refractivity (Wildman–Crippen MR) is 71.4 cm³/mol. The number of benzene rings is 1. The van der Waals surface area contributed by atoms with Crippen LogP contribution in [0.4, 0.5) is 0 Å². The van der Waals surface area contributed by atoms with Crippen molar-refractivity contribution in [2.45, 2.75) is 32.3 Å². The van der Waals surface area contributed by atoms with Gasteiger partial charge in [0, 0.05) is 16.9 Å². The zero-order chi connectivity index (χ0) is 12.1. The Bertz CT molecular complexity index is 310. The highest BCUT2D eigenvalue weighted by atomic mass is 79.9. The van der Waals surface area contributed by atoms with E-state index < -0.39 is 0 Å². The molecule has 0 amide bonds. The first kappa shape index (κ1) is 13.7. The summed E-state index contributed by atoms with van der Waals surface area (Å²) in [5.74, 6) is 0.523. The summed E-state index contributed by atoms with van der Waals surface area (Å²) in [5, 5.41) is 10.1. The maximum atomic E-state index is 10.1. The second-order valence-corrected chi connectivity index (χ2v) is 5.51. The zero-order valence-electron chi connectivity index (χ0n) is 9.86. The largest absolute Gasteiger partial charge is 0.392 e. The third-order valence-electron chi connectivity index (χ3n) is 2.73. The van der Waals surface area contributed by atoms with Crippen molar-refractivity contribution in [1.82, 2.24) is 0 Å². The standard InChI is InChI=1S/C13H20BrNO/c1-9(2)7-13(16)12(8-15)10-3-5-11(14)6-4-10/h3-6,9,12-13,16H,7-8,15H2,1-2H3. The molecule has 90 valence electrons. The lowest BCUT2D eigenvalue weighted by Gasteiger charge is -2.23. The predicted octanol–water partition coefficient (Wildman–Crippen LogP) is 2.90. The molecule has 2 nitrogen and oxygen atoms in total. The Hall–Kier alpha value is -0.380. The highest BCUT2D eigenvalue weighted by Gasteiger charge is 2.20. The van der Waals surface area contributed by atoms with Crippen LogP contribution in [0.3, 0.4) is 0 Å². The maximum absolute atomic E-state index is 10.1. The molecule has 0 saturated carbocycles. The molecule has 1 rings (SSSR count). The second kappa shape index (κ2) is 6.38. The van der Waals surface area contributed by atoms with Crippen LogP contribution in [0.5, 0.6) is 0 Å². The minimum Gasteiger partial charge on any atom is -0.392 e. The molecule has 0 spiro atoms. The molecular weight excluding hydrogens is 266 g/mol. The molecule has 0 bridgehead atoms. The molecule has 0 aliphatic heterocycles. The quantitative estimate of drug-likeness (QED) is 0.874. The Balaban J connectivity index is 2.77. The van der Waals surface area contributed by atoms with Crippen molar-refractivity contribution >= 4 is 15.9 Å². The summed E-state index contributed by atoms with van der Waals surface area (Å²) in [4.78, 5) is 0. The van der Waals surface area contributed by atoms with E-state index in [0.29, 0.717) is 12.5 Å². The molecular formula is C13H20BrNO. The Morgan fingerprint density at radius 3 is 2.25 bits per heavy atom. The van der Waals surface area contributed by atoms with Crippen molar-refractivity contribution in [3.05, 3.63) is 34.3 Å². The number of halogens is 1. The molecule has 16 heavy (non-hydrogen) atoms. The first-order valence-electron chi connectivity index (χ1n) is 5.68. The van der Waals surface area contributed by atoms with Crippen LogP contribution in [0.25, 0.3) is 0 Å². The average Bonchev–Trinajstić information content (AvgIpc) is 2.21. The van der Waals surface area contributed by atoms with Crippen molar-refractivity contribution in [2.24, 2.45) is 11.7 Å². The number of aliphatic hydroxyl groups excluding tert-OH is 1. The molecule has 2 unspecified atom stereocenters. The lowest BCUT2D eigenvalue weighted by atomic mass is 9.89. The SMILES string of the molecule is CC(C)CC(O)C(CN)c1ccc(Br)cc1. The summed E-state index contributed by atoms with van der Waals surface area (Å²) in [6.45, 7) is 4.70. The molecule has 0 radical (unpaired) electrons. The molecule has 0 aromatic heterocycles. The first-order valence-corrected chi connectivity index (χ1v) is 6.47. The van der Waals surface area contributed by atoms with E-state index in [4.69, 9.17) is 5.73 Å². The van der Waals surface area contributed by atoms with Gasteiger partial charge in [0.05, 0.1) is 6.10 Å².